The predicted molar refractivity (Wildman–Crippen MR) is 83.1 cm³/mol. The fourth-order valence-corrected chi connectivity index (χ4v) is 2.38. The second kappa shape index (κ2) is 6.64. The number of hydrogen-bond donors (Lipinski definition) is 1. The summed E-state index contributed by atoms with van der Waals surface area (Å²) < 4.78 is 0. The van der Waals surface area contributed by atoms with Crippen molar-refractivity contribution in [1.29, 1.82) is 0 Å². The van der Waals surface area contributed by atoms with E-state index in [0.29, 0.717) is 16.3 Å². The summed E-state index contributed by atoms with van der Waals surface area (Å²) in [4.78, 5) is 12.1. The third-order valence-electron chi connectivity index (χ3n) is 2.65. The van der Waals surface area contributed by atoms with E-state index >= 15 is 0 Å². The average molecular weight is 292 g/mol. The summed E-state index contributed by atoms with van der Waals surface area (Å²) in [6, 6.07) is 14.8. The summed E-state index contributed by atoms with van der Waals surface area (Å²) in [6.07, 6.45) is 2.05. The van der Waals surface area contributed by atoms with Crippen LogP contribution in [0, 0.1) is 0 Å². The third-order valence-corrected chi connectivity index (χ3v) is 3.60. The zero-order valence-corrected chi connectivity index (χ0v) is 12.1. The molecule has 0 saturated heterocycles. The van der Waals surface area contributed by atoms with Crippen molar-refractivity contribution < 1.29 is 4.79 Å². The van der Waals surface area contributed by atoms with Gasteiger partial charge in [0.05, 0.1) is 10.7 Å². The fraction of sp³-hybridized carbons (Fsp3) is 0.133. The number of carbonyl (C=O) groups excluding carboxylic acids is 1. The number of nitrogens with one attached hydrogen (secondary N) is 1. The van der Waals surface area contributed by atoms with Crippen LogP contribution in [0.3, 0.4) is 0 Å². The maximum absolute atomic E-state index is 12.1. The molecule has 2 rings (SSSR count). The normalized spacial score (nSPS) is 10.2. The molecule has 1 amide bonds. The van der Waals surface area contributed by atoms with Gasteiger partial charge in [-0.25, -0.2) is 0 Å². The van der Waals surface area contributed by atoms with Crippen molar-refractivity contribution in [2.75, 3.05) is 11.6 Å². The zero-order chi connectivity index (χ0) is 13.7. The minimum Gasteiger partial charge on any atom is -0.321 e. The number of amides is 1. The van der Waals surface area contributed by atoms with E-state index in [1.54, 1.807) is 23.9 Å². The summed E-state index contributed by atoms with van der Waals surface area (Å²) in [5.74, 6) is 0.802. The summed E-state index contributed by atoms with van der Waals surface area (Å²) >= 11 is 7.76. The van der Waals surface area contributed by atoms with Crippen molar-refractivity contribution in [2.45, 2.75) is 5.75 Å². The molecular weight excluding hydrogens is 278 g/mol. The molecule has 0 heterocycles. The lowest BCUT2D eigenvalue weighted by Crippen LogP contribution is -2.12. The van der Waals surface area contributed by atoms with E-state index in [9.17, 15) is 4.79 Å². The lowest BCUT2D eigenvalue weighted by atomic mass is 10.1. The molecule has 0 aromatic heterocycles. The number of anilines is 1. The topological polar surface area (TPSA) is 29.1 Å². The number of hydrogen-bond acceptors (Lipinski definition) is 2. The van der Waals surface area contributed by atoms with Gasteiger partial charge < -0.3 is 5.32 Å². The summed E-state index contributed by atoms with van der Waals surface area (Å²) in [7, 11) is 0. The van der Waals surface area contributed by atoms with Crippen molar-refractivity contribution >= 4 is 35.0 Å². The van der Waals surface area contributed by atoms with Gasteiger partial charge in [0, 0.05) is 11.3 Å². The average Bonchev–Trinajstić information content (AvgIpc) is 2.42. The van der Waals surface area contributed by atoms with E-state index in [0.717, 1.165) is 5.75 Å². The number of halogens is 1. The van der Waals surface area contributed by atoms with Crippen LogP contribution in [-0.4, -0.2) is 12.2 Å². The quantitative estimate of drug-likeness (QED) is 0.901. The highest BCUT2D eigenvalue weighted by Gasteiger charge is 2.07. The molecule has 0 aliphatic rings. The van der Waals surface area contributed by atoms with Gasteiger partial charge in [-0.2, -0.15) is 11.8 Å². The van der Waals surface area contributed by atoms with Gasteiger partial charge in [-0.15, -0.1) is 0 Å². The van der Waals surface area contributed by atoms with Gasteiger partial charge in [0.15, 0.2) is 0 Å². The Morgan fingerprint density at radius 3 is 2.47 bits per heavy atom. The van der Waals surface area contributed by atoms with Gasteiger partial charge in [-0.3, -0.25) is 4.79 Å². The number of para-hydroxylation sites is 1. The number of benzene rings is 2. The van der Waals surface area contributed by atoms with E-state index in [4.69, 9.17) is 11.6 Å². The number of thioether (sulfide) groups is 1. The number of carbonyl (C=O) groups is 1. The monoisotopic (exact) mass is 291 g/mol. The Bertz CT molecular complexity index is 569. The Morgan fingerprint density at radius 2 is 1.84 bits per heavy atom. The highest BCUT2D eigenvalue weighted by atomic mass is 35.5. The molecule has 0 aliphatic heterocycles. The lowest BCUT2D eigenvalue weighted by Gasteiger charge is -2.07. The standard InChI is InChI=1S/C15H14ClNOS/c1-19-10-11-6-8-12(9-7-11)15(18)17-14-5-3-2-4-13(14)16/h2-9H,10H2,1H3,(H,17,18). The molecule has 19 heavy (non-hydrogen) atoms. The summed E-state index contributed by atoms with van der Waals surface area (Å²) in [6.45, 7) is 0. The van der Waals surface area contributed by atoms with Crippen LogP contribution < -0.4 is 5.32 Å². The maximum Gasteiger partial charge on any atom is 0.255 e. The van der Waals surface area contributed by atoms with Crippen LogP contribution in [-0.2, 0) is 5.75 Å². The SMILES string of the molecule is CSCc1ccc(C(=O)Nc2ccccc2Cl)cc1. The molecule has 0 aliphatic carbocycles. The molecule has 0 radical (unpaired) electrons. The van der Waals surface area contributed by atoms with E-state index in [-0.39, 0.29) is 5.91 Å². The Kier molecular flexibility index (Phi) is 4.88. The Hall–Kier alpha value is -1.45. The van der Waals surface area contributed by atoms with Crippen LogP contribution in [0.2, 0.25) is 5.02 Å². The van der Waals surface area contributed by atoms with Crippen LogP contribution in [0.4, 0.5) is 5.69 Å². The van der Waals surface area contributed by atoms with Crippen LogP contribution >= 0.6 is 23.4 Å². The molecule has 4 heteroatoms. The van der Waals surface area contributed by atoms with Crippen molar-refractivity contribution in [3.63, 3.8) is 0 Å². The summed E-state index contributed by atoms with van der Waals surface area (Å²) in [5, 5.41) is 3.34. The van der Waals surface area contributed by atoms with Crippen molar-refractivity contribution in [1.82, 2.24) is 0 Å². The Labute approximate surface area is 122 Å². The number of rotatable bonds is 4. The molecule has 0 fully saturated rings. The summed E-state index contributed by atoms with van der Waals surface area (Å²) in [5.41, 5.74) is 2.47. The van der Waals surface area contributed by atoms with Gasteiger partial charge in [-0.05, 0) is 36.1 Å². The molecule has 1 N–H and O–H groups in total. The lowest BCUT2D eigenvalue weighted by molar-refractivity contribution is 0.102. The zero-order valence-electron chi connectivity index (χ0n) is 10.5. The fourth-order valence-electron chi connectivity index (χ4n) is 1.68. The molecule has 0 saturated carbocycles. The van der Waals surface area contributed by atoms with Crippen LogP contribution in [0.25, 0.3) is 0 Å². The largest absolute Gasteiger partial charge is 0.321 e. The van der Waals surface area contributed by atoms with Gasteiger partial charge in [0.1, 0.15) is 0 Å². The van der Waals surface area contributed by atoms with Crippen molar-refractivity contribution in [3.8, 4) is 0 Å². The van der Waals surface area contributed by atoms with E-state index in [1.807, 2.05) is 36.4 Å². The maximum atomic E-state index is 12.1. The molecule has 0 atom stereocenters. The highest BCUT2D eigenvalue weighted by Crippen LogP contribution is 2.21. The Morgan fingerprint density at radius 1 is 1.16 bits per heavy atom. The molecule has 98 valence electrons. The molecule has 2 aromatic rings. The minimum absolute atomic E-state index is 0.149. The Balaban J connectivity index is 2.10. The first kappa shape index (κ1) is 14.0. The molecular formula is C15H14ClNOS. The first-order valence-electron chi connectivity index (χ1n) is 5.84. The first-order valence-corrected chi connectivity index (χ1v) is 7.61. The van der Waals surface area contributed by atoms with E-state index < -0.39 is 0 Å². The minimum atomic E-state index is -0.149. The molecule has 0 spiro atoms. The van der Waals surface area contributed by atoms with E-state index in [2.05, 4.69) is 11.6 Å². The van der Waals surface area contributed by atoms with Gasteiger partial charge in [0.2, 0.25) is 0 Å². The molecule has 0 unspecified atom stereocenters. The predicted octanol–water partition coefficient (Wildman–Crippen LogP) is 4.46. The third kappa shape index (κ3) is 3.75. The van der Waals surface area contributed by atoms with Crippen molar-refractivity contribution in [2.24, 2.45) is 0 Å². The van der Waals surface area contributed by atoms with Crippen molar-refractivity contribution in [3.05, 3.63) is 64.7 Å². The van der Waals surface area contributed by atoms with Gasteiger partial charge >= 0.3 is 0 Å². The highest BCUT2D eigenvalue weighted by molar-refractivity contribution is 7.97. The van der Waals surface area contributed by atoms with E-state index in [1.165, 1.54) is 5.56 Å². The second-order valence-electron chi connectivity index (χ2n) is 4.06. The molecule has 2 aromatic carbocycles. The first-order chi connectivity index (χ1) is 9.20. The van der Waals surface area contributed by atoms with Gasteiger partial charge in [-0.1, -0.05) is 35.9 Å². The second-order valence-corrected chi connectivity index (χ2v) is 5.34. The van der Waals surface area contributed by atoms with Crippen LogP contribution in [0.15, 0.2) is 48.5 Å². The molecule has 2 nitrogen and oxygen atoms in total. The van der Waals surface area contributed by atoms with Crippen LogP contribution in [0.1, 0.15) is 15.9 Å². The van der Waals surface area contributed by atoms with Crippen LogP contribution in [0.5, 0.6) is 0 Å². The molecule has 0 bridgehead atoms. The smallest absolute Gasteiger partial charge is 0.255 e. The van der Waals surface area contributed by atoms with Gasteiger partial charge in [0.25, 0.3) is 5.91 Å².